The van der Waals surface area contributed by atoms with Crippen molar-refractivity contribution in [1.82, 2.24) is 4.90 Å². The van der Waals surface area contributed by atoms with Crippen molar-refractivity contribution in [2.75, 3.05) is 19.7 Å². The molecule has 2 rings (SSSR count). The van der Waals surface area contributed by atoms with E-state index in [0.29, 0.717) is 13.2 Å². The molecule has 0 radical (unpaired) electrons. The van der Waals surface area contributed by atoms with Gasteiger partial charge in [0.25, 0.3) is 0 Å². The van der Waals surface area contributed by atoms with Crippen LogP contribution in [0.3, 0.4) is 0 Å². The molecule has 2 fully saturated rings. The Kier molecular flexibility index (Phi) is 5.22. The van der Waals surface area contributed by atoms with Crippen molar-refractivity contribution in [3.8, 4) is 0 Å². The monoisotopic (exact) mass is 268 g/mol. The van der Waals surface area contributed by atoms with Crippen LogP contribution in [0.25, 0.3) is 0 Å². The first-order valence-electron chi connectivity index (χ1n) is 7.85. The van der Waals surface area contributed by atoms with Crippen LogP contribution in [0.2, 0.25) is 0 Å². The molecule has 1 unspecified atom stereocenters. The molecule has 1 atom stereocenters. The second kappa shape index (κ2) is 6.71. The maximum atomic E-state index is 12.3. The first-order valence-corrected chi connectivity index (χ1v) is 7.85. The fraction of sp³-hybridized carbons (Fsp3) is 0.933. The summed E-state index contributed by atoms with van der Waals surface area (Å²) in [6.45, 7) is 4.20. The number of carbonyl (C=O) groups is 1. The molecule has 2 aliphatic rings. The van der Waals surface area contributed by atoms with Gasteiger partial charge in [-0.25, -0.2) is 0 Å². The van der Waals surface area contributed by atoms with Gasteiger partial charge in [-0.2, -0.15) is 0 Å². The van der Waals surface area contributed by atoms with Crippen molar-refractivity contribution in [3.05, 3.63) is 0 Å². The summed E-state index contributed by atoms with van der Waals surface area (Å²) in [5, 5.41) is 0. The van der Waals surface area contributed by atoms with E-state index in [4.69, 9.17) is 10.5 Å². The van der Waals surface area contributed by atoms with Crippen molar-refractivity contribution in [1.29, 1.82) is 0 Å². The van der Waals surface area contributed by atoms with E-state index < -0.39 is 0 Å². The van der Waals surface area contributed by atoms with Gasteiger partial charge in [0, 0.05) is 13.1 Å². The highest BCUT2D eigenvalue weighted by Gasteiger charge is 2.39. The maximum Gasteiger partial charge on any atom is 0.239 e. The summed E-state index contributed by atoms with van der Waals surface area (Å²) >= 11 is 0. The van der Waals surface area contributed by atoms with Gasteiger partial charge in [-0.1, -0.05) is 39.0 Å². The van der Waals surface area contributed by atoms with Gasteiger partial charge in [-0.05, 0) is 19.3 Å². The molecule has 1 saturated heterocycles. The quantitative estimate of drug-likeness (QED) is 0.852. The number of ether oxygens (including phenoxy) is 1. The number of carbonyl (C=O) groups excluding carboxylic acids is 1. The lowest BCUT2D eigenvalue weighted by Gasteiger charge is -2.43. The number of hydrogen-bond acceptors (Lipinski definition) is 3. The summed E-state index contributed by atoms with van der Waals surface area (Å²) in [5.41, 5.74) is 5.90. The first-order chi connectivity index (χ1) is 9.17. The minimum absolute atomic E-state index is 0.0731. The Hall–Kier alpha value is -0.610. The molecule has 1 saturated carbocycles. The predicted molar refractivity (Wildman–Crippen MR) is 75.8 cm³/mol. The number of nitrogens with two attached hydrogens (primary N) is 1. The van der Waals surface area contributed by atoms with Crippen molar-refractivity contribution in [3.63, 3.8) is 0 Å². The molecular formula is C15H28N2O2. The van der Waals surface area contributed by atoms with E-state index >= 15 is 0 Å². The minimum atomic E-state index is -0.328. The molecule has 1 aliphatic carbocycles. The molecule has 19 heavy (non-hydrogen) atoms. The smallest absolute Gasteiger partial charge is 0.239 e. The van der Waals surface area contributed by atoms with Crippen LogP contribution < -0.4 is 5.73 Å². The topological polar surface area (TPSA) is 55.6 Å². The molecule has 0 aromatic carbocycles. The fourth-order valence-corrected chi connectivity index (χ4v) is 3.38. The normalized spacial score (nSPS) is 25.1. The van der Waals surface area contributed by atoms with Gasteiger partial charge in [0.2, 0.25) is 5.91 Å². The standard InChI is InChI=1S/C15H28N2O2/c1-2-7-13(16)14(18)17-10-11-19-15(12-17)8-5-3-4-6-9-15/h13H,2-12,16H2,1H3. The second-order valence-corrected chi connectivity index (χ2v) is 6.10. The molecule has 1 heterocycles. The van der Waals surface area contributed by atoms with Crippen molar-refractivity contribution >= 4 is 5.91 Å². The highest BCUT2D eigenvalue weighted by Crippen LogP contribution is 2.33. The Morgan fingerprint density at radius 1 is 1.32 bits per heavy atom. The third-order valence-electron chi connectivity index (χ3n) is 4.49. The molecule has 1 aliphatic heterocycles. The zero-order valence-electron chi connectivity index (χ0n) is 12.2. The Labute approximate surface area is 116 Å². The van der Waals surface area contributed by atoms with Crippen LogP contribution in [0, 0.1) is 0 Å². The SMILES string of the molecule is CCCC(N)C(=O)N1CCOC2(CCCCCC2)C1. The van der Waals surface area contributed by atoms with Crippen LogP contribution in [0.15, 0.2) is 0 Å². The third-order valence-corrected chi connectivity index (χ3v) is 4.49. The van der Waals surface area contributed by atoms with Crippen molar-refractivity contribution in [2.24, 2.45) is 5.73 Å². The largest absolute Gasteiger partial charge is 0.371 e. The molecule has 4 heteroatoms. The summed E-state index contributed by atoms with van der Waals surface area (Å²) in [5.74, 6) is 0.119. The van der Waals surface area contributed by atoms with Gasteiger partial charge in [0.15, 0.2) is 0 Å². The van der Waals surface area contributed by atoms with Crippen LogP contribution in [-0.4, -0.2) is 42.1 Å². The average molecular weight is 268 g/mol. The Morgan fingerprint density at radius 3 is 2.63 bits per heavy atom. The van der Waals surface area contributed by atoms with Gasteiger partial charge in [-0.15, -0.1) is 0 Å². The van der Waals surface area contributed by atoms with Gasteiger partial charge < -0.3 is 15.4 Å². The maximum absolute atomic E-state index is 12.3. The van der Waals surface area contributed by atoms with E-state index in [2.05, 4.69) is 6.92 Å². The third kappa shape index (κ3) is 3.69. The predicted octanol–water partition coefficient (Wildman–Crippen LogP) is 2.07. The summed E-state index contributed by atoms with van der Waals surface area (Å²) < 4.78 is 6.07. The zero-order chi connectivity index (χ0) is 13.7. The molecule has 110 valence electrons. The molecule has 1 amide bonds. The van der Waals surface area contributed by atoms with Gasteiger partial charge in [0.05, 0.1) is 18.2 Å². The number of morpholine rings is 1. The first kappa shape index (κ1) is 14.8. The second-order valence-electron chi connectivity index (χ2n) is 6.10. The van der Waals surface area contributed by atoms with Crippen LogP contribution in [0.1, 0.15) is 58.3 Å². The Balaban J connectivity index is 1.97. The summed E-state index contributed by atoms with van der Waals surface area (Å²) in [4.78, 5) is 14.3. The van der Waals surface area contributed by atoms with Crippen LogP contribution in [0.5, 0.6) is 0 Å². The van der Waals surface area contributed by atoms with Crippen LogP contribution in [-0.2, 0) is 9.53 Å². The molecule has 1 spiro atoms. The zero-order valence-corrected chi connectivity index (χ0v) is 12.2. The lowest BCUT2D eigenvalue weighted by Crippen LogP contribution is -2.56. The van der Waals surface area contributed by atoms with E-state index in [0.717, 1.165) is 32.2 Å². The molecule has 4 nitrogen and oxygen atoms in total. The summed E-state index contributed by atoms with van der Waals surface area (Å²) in [6.07, 6.45) is 8.99. The van der Waals surface area contributed by atoms with E-state index in [1.54, 1.807) is 0 Å². The van der Waals surface area contributed by atoms with Crippen molar-refractivity contribution < 1.29 is 9.53 Å². The van der Waals surface area contributed by atoms with E-state index in [-0.39, 0.29) is 17.6 Å². The summed E-state index contributed by atoms with van der Waals surface area (Å²) in [7, 11) is 0. The Bertz CT molecular complexity index is 299. The molecule has 0 aromatic heterocycles. The lowest BCUT2D eigenvalue weighted by atomic mass is 9.92. The van der Waals surface area contributed by atoms with Crippen LogP contribution in [0.4, 0.5) is 0 Å². The molecule has 0 bridgehead atoms. The number of nitrogens with zero attached hydrogens (tertiary/aromatic N) is 1. The fourth-order valence-electron chi connectivity index (χ4n) is 3.38. The number of rotatable bonds is 3. The van der Waals surface area contributed by atoms with E-state index in [1.165, 1.54) is 25.7 Å². The van der Waals surface area contributed by atoms with Gasteiger partial charge in [0.1, 0.15) is 0 Å². The average Bonchev–Trinajstić information content (AvgIpc) is 2.64. The van der Waals surface area contributed by atoms with Gasteiger partial charge in [-0.3, -0.25) is 4.79 Å². The lowest BCUT2D eigenvalue weighted by molar-refractivity contribution is -0.154. The molecular weight excluding hydrogens is 240 g/mol. The molecule has 0 aromatic rings. The van der Waals surface area contributed by atoms with Crippen LogP contribution >= 0.6 is 0 Å². The minimum Gasteiger partial charge on any atom is -0.371 e. The van der Waals surface area contributed by atoms with E-state index in [9.17, 15) is 4.79 Å². The van der Waals surface area contributed by atoms with E-state index in [1.807, 2.05) is 4.90 Å². The number of amides is 1. The van der Waals surface area contributed by atoms with Gasteiger partial charge >= 0.3 is 0 Å². The highest BCUT2D eigenvalue weighted by atomic mass is 16.5. The van der Waals surface area contributed by atoms with Crippen molar-refractivity contribution in [2.45, 2.75) is 69.9 Å². The Morgan fingerprint density at radius 2 is 2.00 bits per heavy atom. The number of hydrogen-bond donors (Lipinski definition) is 1. The highest BCUT2D eigenvalue weighted by molar-refractivity contribution is 5.81. The summed E-state index contributed by atoms with van der Waals surface area (Å²) in [6, 6.07) is -0.328. The molecule has 2 N–H and O–H groups in total.